The number of ether oxygens (including phenoxy) is 1. The highest BCUT2D eigenvalue weighted by atomic mass is 16.5. The molecule has 2 aliphatic heterocycles. The van der Waals surface area contributed by atoms with Gasteiger partial charge in [0.1, 0.15) is 11.9 Å². The van der Waals surface area contributed by atoms with Gasteiger partial charge in [-0.2, -0.15) is 0 Å². The molecular formula is C37H42N2O3. The van der Waals surface area contributed by atoms with Gasteiger partial charge in [-0.25, -0.2) is 0 Å². The molecule has 2 heterocycles. The Kier molecular flexibility index (Phi) is 7.19. The molecule has 2 bridgehead atoms. The predicted octanol–water partition coefficient (Wildman–Crippen LogP) is 6.03. The van der Waals surface area contributed by atoms with Gasteiger partial charge in [0.2, 0.25) is 5.91 Å². The second kappa shape index (κ2) is 11.0. The van der Waals surface area contributed by atoms with E-state index in [-0.39, 0.29) is 23.5 Å². The molecule has 1 unspecified atom stereocenters. The zero-order chi connectivity index (χ0) is 28.8. The molecule has 218 valence electrons. The first-order valence-electron chi connectivity index (χ1n) is 15.8. The first-order valence-corrected chi connectivity index (χ1v) is 15.8. The molecule has 1 amide bonds. The number of piperidine rings is 1. The molecule has 4 aliphatic rings. The number of amides is 1. The van der Waals surface area contributed by atoms with Crippen LogP contribution in [0.5, 0.6) is 5.75 Å². The monoisotopic (exact) mass is 562 g/mol. The summed E-state index contributed by atoms with van der Waals surface area (Å²) in [6.07, 6.45) is 7.12. The second-order valence-electron chi connectivity index (χ2n) is 13.2. The van der Waals surface area contributed by atoms with E-state index < -0.39 is 6.10 Å². The summed E-state index contributed by atoms with van der Waals surface area (Å²) in [4.78, 5) is 18.6. The number of nitrogens with zero attached hydrogens (tertiary/aromatic N) is 2. The zero-order valence-corrected chi connectivity index (χ0v) is 24.7. The molecule has 1 saturated carbocycles. The normalized spacial score (nSPS) is 28.4. The van der Waals surface area contributed by atoms with Crippen molar-refractivity contribution in [2.24, 2.45) is 11.8 Å². The van der Waals surface area contributed by atoms with Crippen LogP contribution in [0, 0.1) is 11.8 Å². The predicted molar refractivity (Wildman–Crippen MR) is 166 cm³/mol. The van der Waals surface area contributed by atoms with Gasteiger partial charge in [-0.1, -0.05) is 86.6 Å². The van der Waals surface area contributed by atoms with Crippen LogP contribution >= 0.6 is 0 Å². The Labute approximate surface area is 249 Å². The van der Waals surface area contributed by atoms with E-state index in [0.29, 0.717) is 31.0 Å². The SMILES string of the molecule is CC(C)CN(C(=O)C=Cc1ccccc1)[C@H]1CC[C@H]2[C@H]3Cc4cccc5c4[C@@]2(CCN3CC(O)c2ccccc2)[C@H]1O5. The molecule has 7 rings (SSSR count). The number of carbonyl (C=O) groups excluding carboxylic acids is 1. The Hall–Kier alpha value is -3.41. The summed E-state index contributed by atoms with van der Waals surface area (Å²) in [5.74, 6) is 1.90. The maximum absolute atomic E-state index is 13.9. The maximum atomic E-state index is 13.9. The van der Waals surface area contributed by atoms with Gasteiger partial charge in [-0.05, 0) is 72.9 Å². The van der Waals surface area contributed by atoms with Crippen LogP contribution in [0.15, 0.2) is 84.9 Å². The number of likely N-dealkylation sites (tertiary alicyclic amines) is 1. The van der Waals surface area contributed by atoms with Crippen molar-refractivity contribution in [3.63, 3.8) is 0 Å². The van der Waals surface area contributed by atoms with E-state index in [0.717, 1.165) is 49.1 Å². The van der Waals surface area contributed by atoms with E-state index >= 15 is 0 Å². The van der Waals surface area contributed by atoms with E-state index in [1.807, 2.05) is 66.7 Å². The molecule has 1 saturated heterocycles. The van der Waals surface area contributed by atoms with Crippen molar-refractivity contribution in [2.75, 3.05) is 19.6 Å². The summed E-state index contributed by atoms with van der Waals surface area (Å²) in [5, 5.41) is 11.2. The highest BCUT2D eigenvalue weighted by molar-refractivity contribution is 5.92. The van der Waals surface area contributed by atoms with Crippen LogP contribution in [0.1, 0.15) is 61.5 Å². The van der Waals surface area contributed by atoms with Gasteiger partial charge in [0.05, 0.1) is 12.1 Å². The smallest absolute Gasteiger partial charge is 0.246 e. The van der Waals surface area contributed by atoms with E-state index in [1.165, 1.54) is 11.1 Å². The van der Waals surface area contributed by atoms with Gasteiger partial charge in [0.25, 0.3) is 0 Å². The maximum Gasteiger partial charge on any atom is 0.246 e. The molecule has 0 radical (unpaired) electrons. The highest BCUT2D eigenvalue weighted by Crippen LogP contribution is 2.62. The van der Waals surface area contributed by atoms with Gasteiger partial charge >= 0.3 is 0 Å². The summed E-state index contributed by atoms with van der Waals surface area (Å²) in [6.45, 7) is 6.68. The number of aliphatic hydroxyl groups excluding tert-OH is 1. The van der Waals surface area contributed by atoms with Gasteiger partial charge in [-0.3, -0.25) is 9.69 Å². The molecule has 1 N–H and O–H groups in total. The lowest BCUT2D eigenvalue weighted by Gasteiger charge is -2.60. The molecule has 2 fully saturated rings. The molecule has 42 heavy (non-hydrogen) atoms. The first-order chi connectivity index (χ1) is 20.5. The Morgan fingerprint density at radius 1 is 1.05 bits per heavy atom. The van der Waals surface area contributed by atoms with Gasteiger partial charge in [0, 0.05) is 36.2 Å². The largest absolute Gasteiger partial charge is 0.487 e. The van der Waals surface area contributed by atoms with Crippen LogP contribution in [0.2, 0.25) is 0 Å². The zero-order valence-electron chi connectivity index (χ0n) is 24.7. The van der Waals surface area contributed by atoms with E-state index in [2.05, 4.69) is 41.8 Å². The quantitative estimate of drug-likeness (QED) is 0.341. The Morgan fingerprint density at radius 2 is 1.81 bits per heavy atom. The number of hydrogen-bond donors (Lipinski definition) is 1. The fourth-order valence-corrected chi connectivity index (χ4v) is 8.73. The van der Waals surface area contributed by atoms with Crippen molar-refractivity contribution in [1.29, 1.82) is 0 Å². The number of hydrogen-bond acceptors (Lipinski definition) is 4. The highest BCUT2D eigenvalue weighted by Gasteiger charge is 2.66. The van der Waals surface area contributed by atoms with Crippen LogP contribution in [-0.2, 0) is 16.6 Å². The third-order valence-electron chi connectivity index (χ3n) is 10.4. The van der Waals surface area contributed by atoms with E-state index in [4.69, 9.17) is 4.74 Å². The minimum absolute atomic E-state index is 0.0250. The summed E-state index contributed by atoms with van der Waals surface area (Å²) >= 11 is 0. The van der Waals surface area contributed by atoms with Gasteiger partial charge < -0.3 is 14.7 Å². The van der Waals surface area contributed by atoms with Gasteiger partial charge in [0.15, 0.2) is 0 Å². The van der Waals surface area contributed by atoms with Crippen molar-refractivity contribution < 1.29 is 14.6 Å². The summed E-state index contributed by atoms with van der Waals surface area (Å²) in [7, 11) is 0. The number of aliphatic hydroxyl groups is 1. The molecule has 1 spiro atoms. The van der Waals surface area contributed by atoms with Crippen LogP contribution in [0.25, 0.3) is 6.08 Å². The fraction of sp³-hybridized carbons (Fsp3) is 0.432. The van der Waals surface area contributed by atoms with E-state index in [1.54, 1.807) is 6.08 Å². The number of carbonyl (C=O) groups is 1. The number of rotatable bonds is 8. The summed E-state index contributed by atoms with van der Waals surface area (Å²) in [5.41, 5.74) is 4.73. The molecule has 3 aromatic rings. The lowest BCUT2D eigenvalue weighted by atomic mass is 9.51. The minimum Gasteiger partial charge on any atom is -0.487 e. The fourth-order valence-electron chi connectivity index (χ4n) is 8.73. The van der Waals surface area contributed by atoms with Crippen LogP contribution in [-0.4, -0.2) is 58.6 Å². The van der Waals surface area contributed by atoms with E-state index in [9.17, 15) is 9.90 Å². The lowest BCUT2D eigenvalue weighted by molar-refractivity contribution is -0.139. The lowest BCUT2D eigenvalue weighted by Crippen LogP contribution is -2.69. The summed E-state index contributed by atoms with van der Waals surface area (Å²) < 4.78 is 6.97. The molecule has 0 aromatic heterocycles. The van der Waals surface area contributed by atoms with Crippen molar-refractivity contribution in [1.82, 2.24) is 9.80 Å². The molecule has 3 aromatic carbocycles. The van der Waals surface area contributed by atoms with Gasteiger partial charge in [-0.15, -0.1) is 0 Å². The standard InChI is InChI=1S/C37H42N2O3/c1-25(2)23-39(34(41)19-16-26-10-5-3-6-11-26)30-18-17-29-31-22-28-14-9-15-33-35(28)37(29,36(30)42-33)20-21-38(31)24-32(40)27-12-7-4-8-13-27/h3-16,19,25,29-32,36,40H,17-18,20-24H2,1-2H3/t29-,30-,31+,32?,36-,37-/m0/s1. The van der Waals surface area contributed by atoms with Crippen molar-refractivity contribution in [3.05, 3.63) is 107 Å². The van der Waals surface area contributed by atoms with Crippen molar-refractivity contribution in [3.8, 4) is 5.75 Å². The average molecular weight is 563 g/mol. The molecule has 6 atom stereocenters. The van der Waals surface area contributed by atoms with Crippen LogP contribution in [0.3, 0.4) is 0 Å². The summed E-state index contributed by atoms with van der Waals surface area (Å²) in [6, 6.07) is 27.1. The van der Waals surface area contributed by atoms with Crippen LogP contribution < -0.4 is 4.74 Å². The Balaban J connectivity index is 1.21. The third kappa shape index (κ3) is 4.58. The molecular weight excluding hydrogens is 520 g/mol. The first kappa shape index (κ1) is 27.4. The third-order valence-corrected chi connectivity index (χ3v) is 10.4. The molecule has 5 nitrogen and oxygen atoms in total. The van der Waals surface area contributed by atoms with Crippen LogP contribution in [0.4, 0.5) is 0 Å². The van der Waals surface area contributed by atoms with Crippen molar-refractivity contribution in [2.45, 2.75) is 69.2 Å². The second-order valence-corrected chi connectivity index (χ2v) is 13.2. The Bertz CT molecular complexity index is 1450. The molecule has 5 heteroatoms. The average Bonchev–Trinajstić information content (AvgIpc) is 3.35. The topological polar surface area (TPSA) is 53.0 Å². The minimum atomic E-state index is -0.504. The van der Waals surface area contributed by atoms with Crippen molar-refractivity contribution >= 4 is 12.0 Å². The number of β-amino-alcohol motifs (C(OH)–C–C–N with tert-alkyl or cyclic N) is 1. The molecule has 2 aliphatic carbocycles. The number of benzene rings is 3. The Morgan fingerprint density at radius 3 is 2.57 bits per heavy atom.